The number of hydrogen-bond donors (Lipinski definition) is 2. The van der Waals surface area contributed by atoms with Crippen LogP contribution >= 0.6 is 11.6 Å². The minimum atomic E-state index is -0.500. The van der Waals surface area contributed by atoms with E-state index in [4.69, 9.17) is 11.6 Å². The molecule has 0 aromatic heterocycles. The average Bonchev–Trinajstić information content (AvgIpc) is 3.01. The van der Waals surface area contributed by atoms with Crippen molar-refractivity contribution >= 4 is 29.2 Å². The molecule has 3 amide bonds. The lowest BCUT2D eigenvalue weighted by Gasteiger charge is -2.17. The fourth-order valence-corrected chi connectivity index (χ4v) is 3.02. The minimum absolute atomic E-state index is 0.0306. The Bertz CT molecular complexity index is 662. The zero-order valence-corrected chi connectivity index (χ0v) is 14.7. The number of carbonyl (C=O) groups is 2. The van der Waals surface area contributed by atoms with E-state index in [1.165, 1.54) is 18.2 Å². The van der Waals surface area contributed by atoms with Crippen molar-refractivity contribution in [2.45, 2.75) is 38.3 Å². The third-order valence-corrected chi connectivity index (χ3v) is 4.41. The maximum absolute atomic E-state index is 11.9. The van der Waals surface area contributed by atoms with E-state index in [1.54, 1.807) is 11.9 Å². The van der Waals surface area contributed by atoms with E-state index in [-0.39, 0.29) is 24.8 Å². The quantitative estimate of drug-likeness (QED) is 0.592. The van der Waals surface area contributed by atoms with Gasteiger partial charge in [-0.1, -0.05) is 24.4 Å². The summed E-state index contributed by atoms with van der Waals surface area (Å²) in [6.45, 7) is 0.218. The maximum atomic E-state index is 11.9. The zero-order valence-electron chi connectivity index (χ0n) is 14.0. The molecule has 1 aliphatic carbocycles. The molecule has 25 heavy (non-hydrogen) atoms. The predicted molar refractivity (Wildman–Crippen MR) is 93.4 cm³/mol. The lowest BCUT2D eigenvalue weighted by Crippen LogP contribution is -2.46. The zero-order chi connectivity index (χ0) is 18.4. The van der Waals surface area contributed by atoms with Crippen LogP contribution in [0.15, 0.2) is 18.2 Å². The number of amides is 3. The highest BCUT2D eigenvalue weighted by molar-refractivity contribution is 6.31. The minimum Gasteiger partial charge on any atom is -0.335 e. The monoisotopic (exact) mass is 368 g/mol. The molecule has 0 heterocycles. The highest BCUT2D eigenvalue weighted by Crippen LogP contribution is 2.23. The highest BCUT2D eigenvalue weighted by atomic mass is 35.5. The molecule has 1 fully saturated rings. The lowest BCUT2D eigenvalue weighted by atomic mass is 10.2. The molecule has 0 spiro atoms. The number of likely N-dealkylation sites (N-methyl/N-ethyl adjacent to an activating group) is 1. The molecule has 1 aromatic rings. The molecule has 1 saturated carbocycles. The first kappa shape index (κ1) is 19.1. The van der Waals surface area contributed by atoms with Crippen molar-refractivity contribution in [3.05, 3.63) is 38.9 Å². The van der Waals surface area contributed by atoms with Gasteiger partial charge in [0.05, 0.1) is 11.5 Å². The van der Waals surface area contributed by atoms with E-state index in [2.05, 4.69) is 10.6 Å². The fourth-order valence-electron chi connectivity index (χ4n) is 2.85. The summed E-state index contributed by atoms with van der Waals surface area (Å²) in [5.74, 6) is -0.445. The Balaban J connectivity index is 1.83. The number of urea groups is 1. The van der Waals surface area contributed by atoms with Crippen LogP contribution < -0.4 is 10.6 Å². The topological polar surface area (TPSA) is 105 Å². The number of benzene rings is 1. The summed E-state index contributed by atoms with van der Waals surface area (Å²) in [5, 5.41) is 16.3. The Morgan fingerprint density at radius 1 is 1.36 bits per heavy atom. The second-order valence-corrected chi connectivity index (χ2v) is 6.62. The Morgan fingerprint density at radius 2 is 2.04 bits per heavy atom. The summed E-state index contributed by atoms with van der Waals surface area (Å²) in [4.78, 5) is 35.7. The van der Waals surface area contributed by atoms with Crippen molar-refractivity contribution in [2.24, 2.45) is 0 Å². The van der Waals surface area contributed by atoms with Crippen molar-refractivity contribution in [3.8, 4) is 0 Å². The molecule has 1 aliphatic rings. The molecule has 0 radical (unpaired) electrons. The molecule has 9 heteroatoms. The van der Waals surface area contributed by atoms with Gasteiger partial charge in [-0.05, 0) is 31.5 Å². The van der Waals surface area contributed by atoms with Gasteiger partial charge in [-0.15, -0.1) is 0 Å². The first-order valence-corrected chi connectivity index (χ1v) is 8.44. The lowest BCUT2D eigenvalue weighted by molar-refractivity contribution is -0.384. The Morgan fingerprint density at radius 3 is 2.68 bits per heavy atom. The van der Waals surface area contributed by atoms with Gasteiger partial charge < -0.3 is 5.32 Å². The van der Waals surface area contributed by atoms with Crippen LogP contribution in [-0.4, -0.2) is 41.4 Å². The number of nitrogens with zero attached hydrogens (tertiary/aromatic N) is 2. The number of carbonyl (C=O) groups excluding carboxylic acids is 2. The van der Waals surface area contributed by atoms with E-state index in [0.717, 1.165) is 25.7 Å². The molecular weight excluding hydrogens is 348 g/mol. The summed E-state index contributed by atoms with van der Waals surface area (Å²) < 4.78 is 0. The van der Waals surface area contributed by atoms with Crippen molar-refractivity contribution in [2.75, 3.05) is 13.6 Å². The summed E-state index contributed by atoms with van der Waals surface area (Å²) in [6.07, 6.45) is 4.05. The number of halogens is 1. The SMILES string of the molecule is CN(CC(=O)NC(=O)NC1CCCC1)Cc1cc([N+](=O)[O-])ccc1Cl. The molecule has 0 bridgehead atoms. The smallest absolute Gasteiger partial charge is 0.321 e. The van der Waals surface area contributed by atoms with Crippen LogP contribution in [0.1, 0.15) is 31.2 Å². The van der Waals surface area contributed by atoms with Crippen LogP contribution in [0.3, 0.4) is 0 Å². The van der Waals surface area contributed by atoms with Gasteiger partial charge in [-0.3, -0.25) is 25.1 Å². The maximum Gasteiger partial charge on any atom is 0.321 e. The van der Waals surface area contributed by atoms with E-state index >= 15 is 0 Å². The molecule has 0 saturated heterocycles. The van der Waals surface area contributed by atoms with Gasteiger partial charge >= 0.3 is 6.03 Å². The summed E-state index contributed by atoms with van der Waals surface area (Å²) in [6, 6.07) is 3.81. The number of nitro groups is 1. The molecule has 0 unspecified atom stereocenters. The second kappa shape index (κ2) is 8.77. The summed E-state index contributed by atoms with van der Waals surface area (Å²) in [7, 11) is 1.67. The standard InChI is InChI=1S/C16H21ClN4O4/c1-20(9-11-8-13(21(24)25)6-7-14(11)17)10-15(22)19-16(23)18-12-4-2-3-5-12/h6-8,12H,2-5,9-10H2,1H3,(H2,18,19,22,23). The van der Waals surface area contributed by atoms with Gasteiger partial charge in [0.25, 0.3) is 5.69 Å². The van der Waals surface area contributed by atoms with E-state index in [0.29, 0.717) is 10.6 Å². The van der Waals surface area contributed by atoms with E-state index in [1.807, 2.05) is 0 Å². The van der Waals surface area contributed by atoms with Crippen LogP contribution in [0.4, 0.5) is 10.5 Å². The van der Waals surface area contributed by atoms with Gasteiger partial charge in [-0.2, -0.15) is 0 Å². The molecule has 0 atom stereocenters. The highest BCUT2D eigenvalue weighted by Gasteiger charge is 2.19. The van der Waals surface area contributed by atoms with Crippen LogP contribution in [0, 0.1) is 10.1 Å². The number of imide groups is 1. The third kappa shape index (κ3) is 5.99. The third-order valence-electron chi connectivity index (χ3n) is 4.04. The number of nitro benzene ring substituents is 1. The van der Waals surface area contributed by atoms with Crippen LogP contribution in [0.2, 0.25) is 5.02 Å². The summed E-state index contributed by atoms with van der Waals surface area (Å²) in [5.41, 5.74) is 0.481. The van der Waals surface area contributed by atoms with Gasteiger partial charge in [-0.25, -0.2) is 4.79 Å². The molecule has 136 valence electrons. The van der Waals surface area contributed by atoms with Gasteiger partial charge in [0, 0.05) is 29.7 Å². The molecule has 2 rings (SSSR count). The Labute approximate surface area is 150 Å². The molecule has 8 nitrogen and oxygen atoms in total. The van der Waals surface area contributed by atoms with E-state index < -0.39 is 16.9 Å². The number of rotatable bonds is 6. The second-order valence-electron chi connectivity index (χ2n) is 6.21. The molecule has 0 aliphatic heterocycles. The fraction of sp³-hybridized carbons (Fsp3) is 0.500. The largest absolute Gasteiger partial charge is 0.335 e. The van der Waals surface area contributed by atoms with Gasteiger partial charge in [0.2, 0.25) is 5.91 Å². The van der Waals surface area contributed by atoms with Crippen LogP contribution in [0.5, 0.6) is 0 Å². The predicted octanol–water partition coefficient (Wildman–Crippen LogP) is 2.45. The van der Waals surface area contributed by atoms with Crippen LogP contribution in [-0.2, 0) is 11.3 Å². The van der Waals surface area contributed by atoms with Gasteiger partial charge in [0.15, 0.2) is 0 Å². The average molecular weight is 369 g/mol. The van der Waals surface area contributed by atoms with Gasteiger partial charge in [0.1, 0.15) is 0 Å². The van der Waals surface area contributed by atoms with Crippen molar-refractivity contribution in [3.63, 3.8) is 0 Å². The molecule has 1 aromatic carbocycles. The summed E-state index contributed by atoms with van der Waals surface area (Å²) >= 11 is 6.05. The van der Waals surface area contributed by atoms with Crippen molar-refractivity contribution in [1.29, 1.82) is 0 Å². The molecular formula is C16H21ClN4O4. The molecule has 2 N–H and O–H groups in total. The number of non-ortho nitro benzene ring substituents is 1. The Hall–Kier alpha value is -2.19. The van der Waals surface area contributed by atoms with Crippen molar-refractivity contribution < 1.29 is 14.5 Å². The number of hydrogen-bond acceptors (Lipinski definition) is 5. The van der Waals surface area contributed by atoms with E-state index in [9.17, 15) is 19.7 Å². The first-order valence-electron chi connectivity index (χ1n) is 8.07. The normalized spacial score (nSPS) is 14.5. The number of nitrogens with one attached hydrogen (secondary N) is 2. The van der Waals surface area contributed by atoms with Crippen LogP contribution in [0.25, 0.3) is 0 Å². The first-order chi connectivity index (χ1) is 11.8. The van der Waals surface area contributed by atoms with Crippen molar-refractivity contribution in [1.82, 2.24) is 15.5 Å². The Kier molecular flexibility index (Phi) is 6.72.